The molecule has 2 N–H and O–H groups in total. The van der Waals surface area contributed by atoms with Gasteiger partial charge in [-0.15, -0.1) is 0 Å². The van der Waals surface area contributed by atoms with Crippen LogP contribution in [0.3, 0.4) is 0 Å². The SMILES string of the molecule is Cc1ccc2c(c1)-c1cc(=C(c3ccc(N(C)C)cc3)c3ccc4[nH]c5ccccc5c4c3)ccc1=[NH+]2. The van der Waals surface area contributed by atoms with E-state index >= 15 is 0 Å². The third kappa shape index (κ3) is 3.54. The molecule has 178 valence electrons. The van der Waals surface area contributed by atoms with E-state index in [1.807, 2.05) is 0 Å². The van der Waals surface area contributed by atoms with Crippen molar-refractivity contribution in [1.82, 2.24) is 4.98 Å². The van der Waals surface area contributed by atoms with Gasteiger partial charge in [-0.25, -0.2) is 4.99 Å². The Labute approximate surface area is 216 Å². The quantitative estimate of drug-likeness (QED) is 0.370. The molecular weight excluding hydrogens is 450 g/mol. The highest BCUT2D eigenvalue weighted by Crippen LogP contribution is 2.31. The molecule has 3 nitrogen and oxygen atoms in total. The molecule has 0 fully saturated rings. The van der Waals surface area contributed by atoms with Gasteiger partial charge in [-0.05, 0) is 77.4 Å². The van der Waals surface area contributed by atoms with E-state index < -0.39 is 0 Å². The van der Waals surface area contributed by atoms with Crippen LogP contribution < -0.4 is 20.5 Å². The number of hydrogen-bond donors (Lipinski definition) is 2. The highest BCUT2D eigenvalue weighted by molar-refractivity contribution is 6.08. The predicted molar refractivity (Wildman–Crippen MR) is 154 cm³/mol. The maximum absolute atomic E-state index is 3.59. The number of aryl methyl sites for hydroxylation is 1. The Bertz CT molecular complexity index is 1960. The van der Waals surface area contributed by atoms with Crippen molar-refractivity contribution in [2.24, 2.45) is 0 Å². The predicted octanol–water partition coefficient (Wildman–Crippen LogP) is 4.96. The van der Waals surface area contributed by atoms with Gasteiger partial charge in [-0.1, -0.05) is 48.0 Å². The summed E-state index contributed by atoms with van der Waals surface area (Å²) in [5, 5.41) is 4.88. The summed E-state index contributed by atoms with van der Waals surface area (Å²) in [4.78, 5) is 9.30. The van der Waals surface area contributed by atoms with Gasteiger partial charge in [0.25, 0.3) is 0 Å². The molecule has 0 bridgehead atoms. The lowest BCUT2D eigenvalue weighted by Gasteiger charge is -2.15. The Kier molecular flexibility index (Phi) is 4.80. The molecule has 0 aliphatic carbocycles. The molecule has 0 radical (unpaired) electrons. The van der Waals surface area contributed by atoms with E-state index in [0.29, 0.717) is 0 Å². The smallest absolute Gasteiger partial charge is 0.212 e. The van der Waals surface area contributed by atoms with Crippen LogP contribution in [0.25, 0.3) is 38.5 Å². The first-order valence-electron chi connectivity index (χ1n) is 12.7. The molecule has 7 rings (SSSR count). The lowest BCUT2D eigenvalue weighted by molar-refractivity contribution is -0.397. The number of para-hydroxylation sites is 1. The molecule has 0 spiro atoms. The minimum Gasteiger partial charge on any atom is -0.378 e. The molecule has 0 saturated heterocycles. The van der Waals surface area contributed by atoms with Gasteiger partial charge < -0.3 is 9.88 Å². The van der Waals surface area contributed by atoms with Crippen molar-refractivity contribution in [2.75, 3.05) is 19.0 Å². The zero-order chi connectivity index (χ0) is 25.1. The van der Waals surface area contributed by atoms with Crippen molar-refractivity contribution in [2.45, 2.75) is 6.92 Å². The van der Waals surface area contributed by atoms with E-state index in [1.165, 1.54) is 71.6 Å². The lowest BCUT2D eigenvalue weighted by Crippen LogP contribution is -2.68. The van der Waals surface area contributed by atoms with E-state index in [0.717, 1.165) is 5.52 Å². The number of anilines is 1. The molecule has 6 aromatic rings. The summed E-state index contributed by atoms with van der Waals surface area (Å²) in [6.07, 6.45) is 0. The Hall–Kier alpha value is -4.63. The normalized spacial score (nSPS) is 12.8. The molecule has 1 aromatic heterocycles. The monoisotopic (exact) mass is 478 g/mol. The first-order valence-corrected chi connectivity index (χ1v) is 12.7. The number of fused-ring (bicyclic) bond motifs is 6. The summed E-state index contributed by atoms with van der Waals surface area (Å²) in [5.74, 6) is 0. The van der Waals surface area contributed by atoms with E-state index in [-0.39, 0.29) is 0 Å². The maximum Gasteiger partial charge on any atom is 0.212 e. The Balaban J connectivity index is 1.52. The highest BCUT2D eigenvalue weighted by atomic mass is 15.1. The van der Waals surface area contributed by atoms with Crippen molar-refractivity contribution < 1.29 is 4.99 Å². The standard InChI is InChI=1S/C34H27N3/c1-21-8-15-31-27(18-21)29-20-24(12-17-33(29)36-31)34(22-9-13-25(14-10-22)37(2)3)23-11-16-32-28(19-23)26-6-4-5-7-30(26)35-32/h4-20,35H,1-3H3/p+1. The largest absolute Gasteiger partial charge is 0.378 e. The zero-order valence-electron chi connectivity index (χ0n) is 21.3. The van der Waals surface area contributed by atoms with E-state index in [2.05, 4.69) is 139 Å². The van der Waals surface area contributed by atoms with Gasteiger partial charge in [0.15, 0.2) is 0 Å². The second kappa shape index (κ2) is 8.21. The summed E-state index contributed by atoms with van der Waals surface area (Å²) in [6.45, 7) is 2.16. The first-order chi connectivity index (χ1) is 18.0. The van der Waals surface area contributed by atoms with Crippen LogP contribution in [0.1, 0.15) is 16.7 Å². The summed E-state index contributed by atoms with van der Waals surface area (Å²) in [7, 11) is 4.16. The second-order valence-corrected chi connectivity index (χ2v) is 10.2. The first kappa shape index (κ1) is 21.6. The van der Waals surface area contributed by atoms with Gasteiger partial charge in [0.2, 0.25) is 11.0 Å². The number of nitrogens with one attached hydrogen (secondary N) is 2. The molecular formula is C34H28N3+. The van der Waals surface area contributed by atoms with Gasteiger partial charge in [0, 0.05) is 53.7 Å². The fraction of sp³-hybridized carbons (Fsp3) is 0.0882. The Morgan fingerprint density at radius 1 is 0.676 bits per heavy atom. The van der Waals surface area contributed by atoms with E-state index in [9.17, 15) is 0 Å². The molecule has 37 heavy (non-hydrogen) atoms. The number of benzene rings is 5. The average Bonchev–Trinajstić information content (AvgIpc) is 3.47. The highest BCUT2D eigenvalue weighted by Gasteiger charge is 2.20. The maximum atomic E-state index is 3.59. The Morgan fingerprint density at radius 2 is 1.46 bits per heavy atom. The van der Waals surface area contributed by atoms with E-state index in [4.69, 9.17) is 0 Å². The fourth-order valence-corrected chi connectivity index (χ4v) is 5.60. The molecule has 0 amide bonds. The minimum absolute atomic E-state index is 1.16. The van der Waals surface area contributed by atoms with E-state index in [1.54, 1.807) is 0 Å². The number of aromatic amines is 1. The van der Waals surface area contributed by atoms with Crippen molar-refractivity contribution in [3.8, 4) is 11.1 Å². The van der Waals surface area contributed by atoms with Crippen molar-refractivity contribution >= 4 is 38.8 Å². The molecule has 0 atom stereocenters. The van der Waals surface area contributed by atoms with Crippen LogP contribution in [-0.2, 0) is 0 Å². The number of H-pyrrole nitrogens is 1. The van der Waals surface area contributed by atoms with Crippen LogP contribution in [0.2, 0.25) is 0 Å². The third-order valence-corrected chi connectivity index (χ3v) is 7.51. The Morgan fingerprint density at radius 3 is 2.30 bits per heavy atom. The molecule has 2 heterocycles. The van der Waals surface area contributed by atoms with Gasteiger partial charge >= 0.3 is 0 Å². The average molecular weight is 479 g/mol. The summed E-state index contributed by atoms with van der Waals surface area (Å²) >= 11 is 0. The van der Waals surface area contributed by atoms with Crippen LogP contribution in [-0.4, -0.2) is 19.1 Å². The van der Waals surface area contributed by atoms with Gasteiger partial charge in [0.1, 0.15) is 0 Å². The number of hydrogen-bond acceptors (Lipinski definition) is 1. The van der Waals surface area contributed by atoms with Gasteiger partial charge in [-0.3, -0.25) is 0 Å². The molecule has 5 aromatic carbocycles. The third-order valence-electron chi connectivity index (χ3n) is 7.51. The second-order valence-electron chi connectivity index (χ2n) is 10.2. The number of aromatic nitrogens is 1. The topological polar surface area (TPSA) is 33.0 Å². The molecule has 1 aliphatic rings. The summed E-state index contributed by atoms with van der Waals surface area (Å²) in [5.41, 5.74) is 12.2. The molecule has 0 unspecified atom stereocenters. The fourth-order valence-electron chi connectivity index (χ4n) is 5.60. The number of rotatable bonds is 3. The molecule has 3 heteroatoms. The van der Waals surface area contributed by atoms with Crippen molar-refractivity contribution in [1.29, 1.82) is 0 Å². The summed E-state index contributed by atoms with van der Waals surface area (Å²) in [6, 6.07) is 37.7. The van der Waals surface area contributed by atoms with Crippen molar-refractivity contribution in [3.05, 3.63) is 130 Å². The van der Waals surface area contributed by atoms with Crippen LogP contribution in [0, 0.1) is 6.92 Å². The van der Waals surface area contributed by atoms with Crippen LogP contribution >= 0.6 is 0 Å². The van der Waals surface area contributed by atoms with Crippen molar-refractivity contribution in [3.63, 3.8) is 0 Å². The number of nitrogens with zero attached hydrogens (tertiary/aromatic N) is 1. The van der Waals surface area contributed by atoms with Crippen LogP contribution in [0.5, 0.6) is 0 Å². The lowest BCUT2D eigenvalue weighted by atomic mass is 9.92. The minimum atomic E-state index is 1.16. The van der Waals surface area contributed by atoms with Crippen LogP contribution in [0.4, 0.5) is 11.4 Å². The zero-order valence-corrected chi connectivity index (χ0v) is 21.3. The molecule has 1 aliphatic heterocycles. The molecule has 0 saturated carbocycles. The summed E-state index contributed by atoms with van der Waals surface area (Å²) < 4.78 is 0. The van der Waals surface area contributed by atoms with Gasteiger partial charge in [-0.2, -0.15) is 0 Å². The van der Waals surface area contributed by atoms with Crippen LogP contribution in [0.15, 0.2) is 103 Å². The van der Waals surface area contributed by atoms with Gasteiger partial charge in [0.05, 0.1) is 11.1 Å².